The Balaban J connectivity index is 3.01. The highest BCUT2D eigenvalue weighted by molar-refractivity contribution is 7.89. The van der Waals surface area contributed by atoms with Crippen LogP contribution in [0, 0.1) is 0 Å². The minimum atomic E-state index is -3.39. The molecule has 1 N–H and O–H groups in total. The summed E-state index contributed by atoms with van der Waals surface area (Å²) in [4.78, 5) is 0.366. The maximum absolute atomic E-state index is 12.5. The van der Waals surface area contributed by atoms with E-state index in [0.717, 1.165) is 18.5 Å². The molecule has 4 nitrogen and oxygen atoms in total. The van der Waals surface area contributed by atoms with Crippen molar-refractivity contribution in [1.82, 2.24) is 9.62 Å². The molecule has 0 amide bonds. The van der Waals surface area contributed by atoms with Crippen molar-refractivity contribution in [3.05, 3.63) is 29.8 Å². The first-order chi connectivity index (χ1) is 8.93. The average molecular weight is 284 g/mol. The highest BCUT2D eigenvalue weighted by Gasteiger charge is 2.24. The maximum Gasteiger partial charge on any atom is 0.243 e. The summed E-state index contributed by atoms with van der Waals surface area (Å²) in [7, 11) is -1.75. The van der Waals surface area contributed by atoms with Crippen LogP contribution >= 0.6 is 0 Å². The van der Waals surface area contributed by atoms with Crippen molar-refractivity contribution in [2.75, 3.05) is 13.6 Å². The van der Waals surface area contributed by atoms with E-state index in [1.807, 2.05) is 26.8 Å². The second kappa shape index (κ2) is 7.03. The molecule has 0 saturated carbocycles. The molecule has 19 heavy (non-hydrogen) atoms. The van der Waals surface area contributed by atoms with Gasteiger partial charge in [0.2, 0.25) is 10.0 Å². The fourth-order valence-electron chi connectivity index (χ4n) is 1.75. The van der Waals surface area contributed by atoms with E-state index >= 15 is 0 Å². The Bertz CT molecular complexity index is 500. The van der Waals surface area contributed by atoms with Gasteiger partial charge >= 0.3 is 0 Å². The second-order valence-corrected chi connectivity index (χ2v) is 6.70. The molecular weight excluding hydrogens is 260 g/mol. The van der Waals surface area contributed by atoms with Crippen LogP contribution in [0.5, 0.6) is 0 Å². The fourth-order valence-corrected chi connectivity index (χ4v) is 3.25. The van der Waals surface area contributed by atoms with E-state index in [1.165, 1.54) is 4.31 Å². The SMILES string of the molecule is CCNCc1cccc(S(=O)(=O)N(C)C(C)CC)c1. The number of hydrogen-bond acceptors (Lipinski definition) is 3. The maximum atomic E-state index is 12.5. The lowest BCUT2D eigenvalue weighted by molar-refractivity contribution is 0.380. The van der Waals surface area contributed by atoms with E-state index in [1.54, 1.807) is 25.2 Å². The van der Waals surface area contributed by atoms with Gasteiger partial charge < -0.3 is 5.32 Å². The predicted molar refractivity (Wildman–Crippen MR) is 78.5 cm³/mol. The summed E-state index contributed by atoms with van der Waals surface area (Å²) in [5, 5.41) is 3.20. The smallest absolute Gasteiger partial charge is 0.243 e. The molecule has 0 heterocycles. The zero-order valence-electron chi connectivity index (χ0n) is 12.2. The van der Waals surface area contributed by atoms with Gasteiger partial charge in [-0.3, -0.25) is 0 Å². The van der Waals surface area contributed by atoms with E-state index in [9.17, 15) is 8.42 Å². The van der Waals surface area contributed by atoms with Crippen LogP contribution in [0.15, 0.2) is 29.2 Å². The van der Waals surface area contributed by atoms with Gasteiger partial charge in [0.15, 0.2) is 0 Å². The Kier molecular flexibility index (Phi) is 5.97. The molecule has 0 fully saturated rings. The molecular formula is C14H24N2O2S. The van der Waals surface area contributed by atoms with E-state index in [4.69, 9.17) is 0 Å². The molecule has 0 aliphatic carbocycles. The summed E-state index contributed by atoms with van der Waals surface area (Å²) in [5.74, 6) is 0. The van der Waals surface area contributed by atoms with Crippen LogP contribution < -0.4 is 5.32 Å². The van der Waals surface area contributed by atoms with Crippen LogP contribution in [0.1, 0.15) is 32.8 Å². The molecule has 108 valence electrons. The third-order valence-electron chi connectivity index (χ3n) is 3.37. The molecule has 0 aliphatic rings. The largest absolute Gasteiger partial charge is 0.313 e. The number of nitrogens with one attached hydrogen (secondary N) is 1. The Morgan fingerprint density at radius 2 is 2.00 bits per heavy atom. The molecule has 1 atom stereocenters. The summed E-state index contributed by atoms with van der Waals surface area (Å²) >= 11 is 0. The van der Waals surface area contributed by atoms with Crippen LogP contribution in [-0.4, -0.2) is 32.4 Å². The average Bonchev–Trinajstić information content (AvgIpc) is 2.43. The van der Waals surface area contributed by atoms with E-state index in [-0.39, 0.29) is 6.04 Å². The fraction of sp³-hybridized carbons (Fsp3) is 0.571. The highest BCUT2D eigenvalue weighted by atomic mass is 32.2. The Morgan fingerprint density at radius 3 is 2.58 bits per heavy atom. The van der Waals surface area contributed by atoms with Gasteiger partial charge in [0.05, 0.1) is 4.90 Å². The van der Waals surface area contributed by atoms with Crippen molar-refractivity contribution in [3.63, 3.8) is 0 Å². The van der Waals surface area contributed by atoms with Crippen molar-refractivity contribution < 1.29 is 8.42 Å². The van der Waals surface area contributed by atoms with Crippen molar-refractivity contribution in [2.45, 2.75) is 44.7 Å². The summed E-state index contributed by atoms with van der Waals surface area (Å²) in [5.41, 5.74) is 0.987. The normalized spacial score (nSPS) is 13.7. The molecule has 0 spiro atoms. The third-order valence-corrected chi connectivity index (χ3v) is 5.33. The minimum absolute atomic E-state index is 0.00224. The van der Waals surface area contributed by atoms with Gasteiger partial charge in [-0.1, -0.05) is 26.0 Å². The molecule has 1 aromatic carbocycles. The van der Waals surface area contributed by atoms with Crippen LogP contribution in [0.25, 0.3) is 0 Å². The molecule has 0 aliphatic heterocycles. The Morgan fingerprint density at radius 1 is 1.32 bits per heavy atom. The van der Waals surface area contributed by atoms with Crippen LogP contribution in [0.4, 0.5) is 0 Å². The molecule has 0 radical (unpaired) electrons. The molecule has 5 heteroatoms. The first-order valence-corrected chi connectivity index (χ1v) is 8.15. The standard InChI is InChI=1S/C14H24N2O2S/c1-5-12(3)16(4)19(17,18)14-9-7-8-13(10-14)11-15-6-2/h7-10,12,15H,5-6,11H2,1-4H3. The number of sulfonamides is 1. The lowest BCUT2D eigenvalue weighted by atomic mass is 10.2. The van der Waals surface area contributed by atoms with E-state index in [0.29, 0.717) is 11.4 Å². The highest BCUT2D eigenvalue weighted by Crippen LogP contribution is 2.18. The van der Waals surface area contributed by atoms with Gasteiger partial charge in [-0.05, 0) is 37.6 Å². The van der Waals surface area contributed by atoms with Gasteiger partial charge in [0, 0.05) is 19.6 Å². The van der Waals surface area contributed by atoms with Crippen LogP contribution in [0.2, 0.25) is 0 Å². The quantitative estimate of drug-likeness (QED) is 0.835. The lowest BCUT2D eigenvalue weighted by Gasteiger charge is -2.23. The third kappa shape index (κ3) is 4.03. The van der Waals surface area contributed by atoms with E-state index < -0.39 is 10.0 Å². The summed E-state index contributed by atoms with van der Waals surface area (Å²) in [6.45, 7) is 7.48. The zero-order valence-corrected chi connectivity index (χ0v) is 13.0. The first kappa shape index (κ1) is 16.1. The van der Waals surface area contributed by atoms with E-state index in [2.05, 4.69) is 5.32 Å². The Hall–Kier alpha value is -0.910. The first-order valence-electron chi connectivity index (χ1n) is 6.71. The van der Waals surface area contributed by atoms with Gasteiger partial charge in [-0.2, -0.15) is 4.31 Å². The Labute approximate surface area is 116 Å². The summed E-state index contributed by atoms with van der Waals surface area (Å²) in [6, 6.07) is 7.14. The number of nitrogens with zero attached hydrogens (tertiary/aromatic N) is 1. The van der Waals surface area contributed by atoms with Gasteiger partial charge in [-0.15, -0.1) is 0 Å². The van der Waals surface area contributed by atoms with Crippen molar-refractivity contribution in [1.29, 1.82) is 0 Å². The molecule has 0 aromatic heterocycles. The topological polar surface area (TPSA) is 49.4 Å². The van der Waals surface area contributed by atoms with Crippen molar-refractivity contribution in [3.8, 4) is 0 Å². The molecule has 1 unspecified atom stereocenters. The molecule has 0 bridgehead atoms. The lowest BCUT2D eigenvalue weighted by Crippen LogP contribution is -2.34. The van der Waals surface area contributed by atoms with Crippen LogP contribution in [-0.2, 0) is 16.6 Å². The zero-order chi connectivity index (χ0) is 14.5. The number of benzene rings is 1. The minimum Gasteiger partial charge on any atom is -0.313 e. The van der Waals surface area contributed by atoms with Gasteiger partial charge in [0.25, 0.3) is 0 Å². The van der Waals surface area contributed by atoms with Crippen LogP contribution in [0.3, 0.4) is 0 Å². The molecule has 0 saturated heterocycles. The second-order valence-electron chi connectivity index (χ2n) is 4.71. The molecule has 1 aromatic rings. The van der Waals surface area contributed by atoms with Crippen molar-refractivity contribution >= 4 is 10.0 Å². The van der Waals surface area contributed by atoms with Gasteiger partial charge in [0.1, 0.15) is 0 Å². The predicted octanol–water partition coefficient (Wildman–Crippen LogP) is 2.22. The number of hydrogen-bond donors (Lipinski definition) is 1. The monoisotopic (exact) mass is 284 g/mol. The van der Waals surface area contributed by atoms with Crippen molar-refractivity contribution in [2.24, 2.45) is 0 Å². The number of rotatable bonds is 7. The molecule has 1 rings (SSSR count). The summed E-state index contributed by atoms with van der Waals surface area (Å²) in [6.07, 6.45) is 0.798. The summed E-state index contributed by atoms with van der Waals surface area (Å²) < 4.78 is 26.4. The van der Waals surface area contributed by atoms with Gasteiger partial charge in [-0.25, -0.2) is 8.42 Å².